The molecule has 0 atom stereocenters. The number of aliphatic carboxylic acids is 1. The van der Waals surface area contributed by atoms with E-state index in [-0.39, 0.29) is 6.54 Å². The fraction of sp³-hybridized carbons (Fsp3) is 0.417. The second kappa shape index (κ2) is 7.06. The monoisotopic (exact) mass is 254 g/mol. The first-order valence-corrected chi connectivity index (χ1v) is 6.84. The summed E-state index contributed by atoms with van der Waals surface area (Å²) in [6.45, 7) is 0.698. The van der Waals surface area contributed by atoms with E-state index in [1.165, 1.54) is 0 Å². The van der Waals surface area contributed by atoms with Crippen molar-refractivity contribution in [2.75, 3.05) is 35.7 Å². The number of carboxylic acid groups (broad SMARTS) is 1. The van der Waals surface area contributed by atoms with Gasteiger partial charge in [-0.15, -0.1) is 0 Å². The molecule has 0 fully saturated rings. The zero-order valence-corrected chi connectivity index (χ0v) is 10.7. The minimum absolute atomic E-state index is 0.0113. The Hall–Kier alpha value is -1.36. The van der Waals surface area contributed by atoms with E-state index in [0.29, 0.717) is 12.2 Å². The van der Waals surface area contributed by atoms with Crippen LogP contribution in [0.2, 0.25) is 0 Å². The number of rotatable bonds is 7. The topological polar surface area (TPSA) is 66.6 Å². The molecular weight excluding hydrogens is 236 g/mol. The van der Waals surface area contributed by atoms with Gasteiger partial charge in [-0.1, -0.05) is 12.1 Å². The van der Waals surface area contributed by atoms with Crippen LogP contribution in [0.4, 0.5) is 11.4 Å². The number of para-hydroxylation sites is 2. The maximum atomic E-state index is 10.8. The first-order chi connectivity index (χ1) is 8.15. The van der Waals surface area contributed by atoms with Crippen LogP contribution in [0.3, 0.4) is 0 Å². The molecule has 94 valence electrons. The molecule has 3 N–H and O–H groups in total. The van der Waals surface area contributed by atoms with Gasteiger partial charge in [-0.05, 0) is 30.6 Å². The van der Waals surface area contributed by atoms with Crippen molar-refractivity contribution < 1.29 is 9.90 Å². The van der Waals surface area contributed by atoms with Gasteiger partial charge in [0.1, 0.15) is 6.54 Å². The van der Waals surface area contributed by atoms with Gasteiger partial charge in [0, 0.05) is 6.54 Å². The average molecular weight is 254 g/mol. The molecule has 5 heteroatoms. The van der Waals surface area contributed by atoms with Gasteiger partial charge in [-0.2, -0.15) is 11.8 Å². The van der Waals surface area contributed by atoms with E-state index in [2.05, 4.69) is 0 Å². The van der Waals surface area contributed by atoms with Crippen LogP contribution in [-0.4, -0.2) is 36.2 Å². The minimum atomic E-state index is -0.836. The molecular formula is C12H18N2O2S. The lowest BCUT2D eigenvalue weighted by Crippen LogP contribution is -2.31. The molecule has 17 heavy (non-hydrogen) atoms. The smallest absolute Gasteiger partial charge is 0.323 e. The lowest BCUT2D eigenvalue weighted by atomic mass is 10.2. The van der Waals surface area contributed by atoms with Gasteiger partial charge in [0.05, 0.1) is 11.4 Å². The summed E-state index contributed by atoms with van der Waals surface area (Å²) in [6.07, 6.45) is 2.99. The number of anilines is 2. The molecule has 0 bridgehead atoms. The fourth-order valence-corrected chi connectivity index (χ4v) is 2.04. The standard InChI is InChI=1S/C12H18N2O2S/c1-17-8-4-7-14(9-12(15)16)11-6-3-2-5-10(11)13/h2-3,5-6H,4,7-9,13H2,1H3,(H,15,16). The van der Waals surface area contributed by atoms with E-state index in [1.807, 2.05) is 29.4 Å². The largest absolute Gasteiger partial charge is 0.480 e. The first-order valence-electron chi connectivity index (χ1n) is 5.45. The molecule has 1 aromatic carbocycles. The minimum Gasteiger partial charge on any atom is -0.480 e. The molecule has 0 aliphatic carbocycles. The van der Waals surface area contributed by atoms with Gasteiger partial charge < -0.3 is 15.7 Å². The Kier molecular flexibility index (Phi) is 5.69. The van der Waals surface area contributed by atoms with E-state index in [0.717, 1.165) is 17.9 Å². The third-order valence-corrected chi connectivity index (χ3v) is 3.08. The summed E-state index contributed by atoms with van der Waals surface area (Å²) in [6, 6.07) is 7.37. The maximum Gasteiger partial charge on any atom is 0.323 e. The molecule has 0 amide bonds. The summed E-state index contributed by atoms with van der Waals surface area (Å²) < 4.78 is 0. The zero-order valence-electron chi connectivity index (χ0n) is 9.93. The Labute approximate surface area is 106 Å². The van der Waals surface area contributed by atoms with Crippen LogP contribution in [0.15, 0.2) is 24.3 Å². The van der Waals surface area contributed by atoms with E-state index >= 15 is 0 Å². The molecule has 0 unspecified atom stereocenters. The van der Waals surface area contributed by atoms with Gasteiger partial charge in [-0.3, -0.25) is 4.79 Å². The van der Waals surface area contributed by atoms with Crippen molar-refractivity contribution in [3.63, 3.8) is 0 Å². The normalized spacial score (nSPS) is 10.2. The van der Waals surface area contributed by atoms with Crippen LogP contribution in [0.1, 0.15) is 6.42 Å². The summed E-state index contributed by atoms with van der Waals surface area (Å²) in [7, 11) is 0. The van der Waals surface area contributed by atoms with Crippen LogP contribution in [-0.2, 0) is 4.79 Å². The SMILES string of the molecule is CSCCCN(CC(=O)O)c1ccccc1N. The van der Waals surface area contributed by atoms with Crippen molar-refractivity contribution >= 4 is 29.1 Å². The molecule has 0 spiro atoms. The van der Waals surface area contributed by atoms with Crippen molar-refractivity contribution in [2.45, 2.75) is 6.42 Å². The van der Waals surface area contributed by atoms with E-state index in [4.69, 9.17) is 10.8 Å². The Balaban J connectivity index is 2.75. The number of carboxylic acids is 1. The summed E-state index contributed by atoms with van der Waals surface area (Å²) in [5.74, 6) is 0.181. The van der Waals surface area contributed by atoms with Gasteiger partial charge in [-0.25, -0.2) is 0 Å². The van der Waals surface area contributed by atoms with Crippen LogP contribution >= 0.6 is 11.8 Å². The number of nitrogens with zero attached hydrogens (tertiary/aromatic N) is 1. The summed E-state index contributed by atoms with van der Waals surface area (Å²) in [4.78, 5) is 12.7. The summed E-state index contributed by atoms with van der Waals surface area (Å²) in [5, 5.41) is 8.90. The summed E-state index contributed by atoms with van der Waals surface area (Å²) in [5.41, 5.74) is 7.29. The Morgan fingerprint density at radius 3 is 2.76 bits per heavy atom. The third kappa shape index (κ3) is 4.56. The molecule has 0 saturated carbocycles. The van der Waals surface area contributed by atoms with Gasteiger partial charge in [0.25, 0.3) is 0 Å². The Morgan fingerprint density at radius 1 is 1.47 bits per heavy atom. The number of carbonyl (C=O) groups is 1. The second-order valence-corrected chi connectivity index (χ2v) is 4.71. The van der Waals surface area contributed by atoms with Crippen molar-refractivity contribution in [3.8, 4) is 0 Å². The molecule has 0 aliphatic rings. The Morgan fingerprint density at radius 2 is 2.18 bits per heavy atom. The average Bonchev–Trinajstić information content (AvgIpc) is 2.28. The quantitative estimate of drug-likeness (QED) is 0.575. The van der Waals surface area contributed by atoms with Gasteiger partial charge in [0.15, 0.2) is 0 Å². The summed E-state index contributed by atoms with van der Waals surface area (Å²) >= 11 is 1.76. The molecule has 0 heterocycles. The number of thioether (sulfide) groups is 1. The highest BCUT2D eigenvalue weighted by Crippen LogP contribution is 2.22. The number of nitrogens with two attached hydrogens (primary N) is 1. The van der Waals surface area contributed by atoms with E-state index in [9.17, 15) is 4.79 Å². The van der Waals surface area contributed by atoms with Crippen LogP contribution in [0, 0.1) is 0 Å². The lowest BCUT2D eigenvalue weighted by molar-refractivity contribution is -0.135. The second-order valence-electron chi connectivity index (χ2n) is 3.72. The fourth-order valence-electron chi connectivity index (χ4n) is 1.62. The highest BCUT2D eigenvalue weighted by molar-refractivity contribution is 7.98. The van der Waals surface area contributed by atoms with Crippen LogP contribution < -0.4 is 10.6 Å². The predicted octanol–water partition coefficient (Wildman–Crippen LogP) is 1.91. The number of hydrogen-bond donors (Lipinski definition) is 2. The molecule has 4 nitrogen and oxygen atoms in total. The number of benzene rings is 1. The third-order valence-electron chi connectivity index (χ3n) is 2.38. The predicted molar refractivity (Wildman–Crippen MR) is 73.7 cm³/mol. The Bertz CT molecular complexity index is 371. The molecule has 0 aromatic heterocycles. The molecule has 1 rings (SSSR count). The zero-order chi connectivity index (χ0) is 12.7. The maximum absolute atomic E-state index is 10.8. The highest BCUT2D eigenvalue weighted by atomic mass is 32.2. The highest BCUT2D eigenvalue weighted by Gasteiger charge is 2.12. The molecule has 0 aliphatic heterocycles. The van der Waals surface area contributed by atoms with Crippen LogP contribution in [0.25, 0.3) is 0 Å². The van der Waals surface area contributed by atoms with Crippen molar-refractivity contribution in [1.29, 1.82) is 0 Å². The number of hydrogen-bond acceptors (Lipinski definition) is 4. The van der Waals surface area contributed by atoms with Gasteiger partial charge >= 0.3 is 5.97 Å². The molecule has 0 saturated heterocycles. The van der Waals surface area contributed by atoms with Gasteiger partial charge in [0.2, 0.25) is 0 Å². The molecule has 1 aromatic rings. The van der Waals surface area contributed by atoms with Crippen molar-refractivity contribution in [1.82, 2.24) is 0 Å². The van der Waals surface area contributed by atoms with Crippen molar-refractivity contribution in [3.05, 3.63) is 24.3 Å². The lowest BCUT2D eigenvalue weighted by Gasteiger charge is -2.24. The van der Waals surface area contributed by atoms with E-state index < -0.39 is 5.97 Å². The van der Waals surface area contributed by atoms with Crippen LogP contribution in [0.5, 0.6) is 0 Å². The molecule has 0 radical (unpaired) electrons. The first kappa shape index (κ1) is 13.7. The van der Waals surface area contributed by atoms with E-state index in [1.54, 1.807) is 17.8 Å². The van der Waals surface area contributed by atoms with Crippen molar-refractivity contribution in [2.24, 2.45) is 0 Å². The number of nitrogen functional groups attached to an aromatic ring is 1.